The number of sulfone groups is 1. The van der Waals surface area contributed by atoms with Gasteiger partial charge < -0.3 is 11.1 Å². The summed E-state index contributed by atoms with van der Waals surface area (Å²) in [5.41, 5.74) is 6.08. The molecule has 0 aliphatic carbocycles. The van der Waals surface area contributed by atoms with Crippen LogP contribution >= 0.6 is 11.3 Å². The van der Waals surface area contributed by atoms with Gasteiger partial charge in [0.1, 0.15) is 10.7 Å². The van der Waals surface area contributed by atoms with E-state index < -0.39 is 15.7 Å². The first-order valence-corrected chi connectivity index (χ1v) is 8.29. The maximum atomic E-state index is 11.9. The number of carbonyl (C=O) groups is 1. The quantitative estimate of drug-likeness (QED) is 0.856. The highest BCUT2D eigenvalue weighted by Gasteiger charge is 2.12. The Morgan fingerprint density at radius 2 is 2.20 bits per heavy atom. The van der Waals surface area contributed by atoms with E-state index in [9.17, 15) is 13.2 Å². The highest BCUT2D eigenvalue weighted by molar-refractivity contribution is 7.90. The van der Waals surface area contributed by atoms with Crippen molar-refractivity contribution in [2.24, 2.45) is 5.73 Å². The van der Waals surface area contributed by atoms with E-state index in [-0.39, 0.29) is 17.3 Å². The predicted octanol–water partition coefficient (Wildman–Crippen LogP) is 0.653. The van der Waals surface area contributed by atoms with Crippen LogP contribution in [0.25, 0.3) is 0 Å². The van der Waals surface area contributed by atoms with Gasteiger partial charge in [-0.15, -0.1) is 11.3 Å². The molecule has 0 fully saturated rings. The first kappa shape index (κ1) is 14.6. The standard InChI is InChI=1S/C11H12N4O3S2/c1-20(17,18)10-3-2-7(5-13-10)14-11(16)8-6-19-9(4-12)15-8/h2-3,5-6H,4,12H2,1H3,(H,14,16). The Kier molecular flexibility index (Phi) is 4.12. The van der Waals surface area contributed by atoms with Crippen molar-refractivity contribution in [3.8, 4) is 0 Å². The smallest absolute Gasteiger partial charge is 0.275 e. The van der Waals surface area contributed by atoms with Gasteiger partial charge in [-0.25, -0.2) is 18.4 Å². The summed E-state index contributed by atoms with van der Waals surface area (Å²) in [6, 6.07) is 2.80. The third-order valence-electron chi connectivity index (χ3n) is 2.33. The van der Waals surface area contributed by atoms with Crippen molar-refractivity contribution in [1.82, 2.24) is 9.97 Å². The summed E-state index contributed by atoms with van der Waals surface area (Å²) in [5.74, 6) is -0.394. The molecule has 0 aliphatic heterocycles. The molecule has 0 saturated heterocycles. The van der Waals surface area contributed by atoms with Gasteiger partial charge in [0.25, 0.3) is 5.91 Å². The molecule has 0 saturated carbocycles. The van der Waals surface area contributed by atoms with Crippen molar-refractivity contribution in [2.75, 3.05) is 11.6 Å². The largest absolute Gasteiger partial charge is 0.325 e. The fraction of sp³-hybridized carbons (Fsp3) is 0.182. The van der Waals surface area contributed by atoms with Crippen LogP contribution < -0.4 is 11.1 Å². The number of aromatic nitrogens is 2. The van der Waals surface area contributed by atoms with E-state index in [2.05, 4.69) is 15.3 Å². The highest BCUT2D eigenvalue weighted by atomic mass is 32.2. The zero-order valence-corrected chi connectivity index (χ0v) is 12.2. The summed E-state index contributed by atoms with van der Waals surface area (Å²) in [4.78, 5) is 19.7. The number of thiazole rings is 1. The van der Waals surface area contributed by atoms with Crippen molar-refractivity contribution in [2.45, 2.75) is 11.6 Å². The second-order valence-corrected chi connectivity index (χ2v) is 6.85. The number of anilines is 1. The average Bonchev–Trinajstić information content (AvgIpc) is 2.87. The molecule has 0 radical (unpaired) electrons. The van der Waals surface area contributed by atoms with Crippen LogP contribution in [0.4, 0.5) is 5.69 Å². The topological polar surface area (TPSA) is 115 Å². The van der Waals surface area contributed by atoms with E-state index in [0.29, 0.717) is 10.7 Å². The molecule has 2 rings (SSSR count). The van der Waals surface area contributed by atoms with Crippen LogP contribution in [0, 0.1) is 0 Å². The third-order valence-corrected chi connectivity index (χ3v) is 4.21. The molecule has 7 nitrogen and oxygen atoms in total. The average molecular weight is 312 g/mol. The fourth-order valence-corrected chi connectivity index (χ4v) is 2.59. The Bertz CT molecular complexity index is 722. The molecule has 2 heterocycles. The van der Waals surface area contributed by atoms with Crippen LogP contribution in [0.5, 0.6) is 0 Å². The molecule has 0 aromatic carbocycles. The molecule has 9 heteroatoms. The lowest BCUT2D eigenvalue weighted by molar-refractivity contribution is 0.102. The number of carbonyl (C=O) groups excluding carboxylic acids is 1. The lowest BCUT2D eigenvalue weighted by Gasteiger charge is -2.03. The Hall–Kier alpha value is -1.84. The summed E-state index contributed by atoms with van der Waals surface area (Å²) in [7, 11) is -3.35. The number of nitrogens with zero attached hydrogens (tertiary/aromatic N) is 2. The predicted molar refractivity (Wildman–Crippen MR) is 75.3 cm³/mol. The Morgan fingerprint density at radius 1 is 1.45 bits per heavy atom. The first-order valence-electron chi connectivity index (χ1n) is 5.52. The van der Waals surface area contributed by atoms with Crippen molar-refractivity contribution in [3.05, 3.63) is 34.4 Å². The van der Waals surface area contributed by atoms with E-state index in [1.54, 1.807) is 5.38 Å². The minimum Gasteiger partial charge on any atom is -0.325 e. The van der Waals surface area contributed by atoms with E-state index >= 15 is 0 Å². The summed E-state index contributed by atoms with van der Waals surface area (Å²) in [6.45, 7) is 0.280. The maximum absolute atomic E-state index is 11.9. The van der Waals surface area contributed by atoms with Crippen molar-refractivity contribution >= 4 is 32.8 Å². The zero-order chi connectivity index (χ0) is 14.8. The van der Waals surface area contributed by atoms with Gasteiger partial charge in [0.2, 0.25) is 0 Å². The normalized spacial score (nSPS) is 11.3. The number of nitrogens with two attached hydrogens (primary N) is 1. The van der Waals surface area contributed by atoms with Gasteiger partial charge in [-0.3, -0.25) is 4.79 Å². The SMILES string of the molecule is CS(=O)(=O)c1ccc(NC(=O)c2csc(CN)n2)cn1. The number of hydrogen-bond donors (Lipinski definition) is 2. The zero-order valence-electron chi connectivity index (χ0n) is 10.5. The van der Waals surface area contributed by atoms with Gasteiger partial charge in [-0.2, -0.15) is 0 Å². The molecular formula is C11H12N4O3S2. The molecule has 1 amide bonds. The Balaban J connectivity index is 2.12. The molecule has 0 unspecified atom stereocenters. The van der Waals surface area contributed by atoms with E-state index in [1.165, 1.54) is 29.7 Å². The molecule has 2 aromatic heterocycles. The maximum Gasteiger partial charge on any atom is 0.275 e. The van der Waals surface area contributed by atoms with Gasteiger partial charge in [0.15, 0.2) is 14.9 Å². The number of pyridine rings is 1. The molecular weight excluding hydrogens is 300 g/mol. The Labute approximate surface area is 119 Å². The number of nitrogens with one attached hydrogen (secondary N) is 1. The summed E-state index contributed by atoms with van der Waals surface area (Å²) < 4.78 is 22.5. The van der Waals surface area contributed by atoms with Gasteiger partial charge in [-0.05, 0) is 12.1 Å². The van der Waals surface area contributed by atoms with Crippen LogP contribution in [0.15, 0.2) is 28.7 Å². The third kappa shape index (κ3) is 3.38. The summed E-state index contributed by atoms with van der Waals surface area (Å²) >= 11 is 1.30. The highest BCUT2D eigenvalue weighted by Crippen LogP contribution is 2.13. The summed E-state index contributed by atoms with van der Waals surface area (Å²) in [5, 5.41) is 4.81. The van der Waals surface area contributed by atoms with Crippen LogP contribution in [-0.2, 0) is 16.4 Å². The van der Waals surface area contributed by atoms with Crippen LogP contribution in [0.2, 0.25) is 0 Å². The molecule has 20 heavy (non-hydrogen) atoms. The molecule has 3 N–H and O–H groups in total. The molecule has 0 bridgehead atoms. The lowest BCUT2D eigenvalue weighted by atomic mass is 10.4. The van der Waals surface area contributed by atoms with E-state index in [4.69, 9.17) is 5.73 Å². The van der Waals surface area contributed by atoms with E-state index in [1.807, 2.05) is 0 Å². The van der Waals surface area contributed by atoms with Gasteiger partial charge in [0.05, 0.1) is 11.9 Å². The van der Waals surface area contributed by atoms with Crippen molar-refractivity contribution in [3.63, 3.8) is 0 Å². The number of hydrogen-bond acceptors (Lipinski definition) is 7. The number of rotatable bonds is 4. The van der Waals surface area contributed by atoms with Crippen molar-refractivity contribution in [1.29, 1.82) is 0 Å². The molecule has 0 spiro atoms. The minimum absolute atomic E-state index is 0.0467. The van der Waals surface area contributed by atoms with Gasteiger partial charge in [-0.1, -0.05) is 0 Å². The molecule has 0 atom stereocenters. The summed E-state index contributed by atoms with van der Waals surface area (Å²) in [6.07, 6.45) is 2.35. The second kappa shape index (κ2) is 5.65. The monoisotopic (exact) mass is 312 g/mol. The lowest BCUT2D eigenvalue weighted by Crippen LogP contribution is -2.13. The second-order valence-electron chi connectivity index (χ2n) is 3.94. The van der Waals surface area contributed by atoms with Crippen LogP contribution in [-0.4, -0.2) is 30.5 Å². The first-order chi connectivity index (χ1) is 9.40. The van der Waals surface area contributed by atoms with Crippen LogP contribution in [0.1, 0.15) is 15.5 Å². The molecule has 0 aliphatic rings. The van der Waals surface area contributed by atoms with Crippen LogP contribution in [0.3, 0.4) is 0 Å². The van der Waals surface area contributed by atoms with Crippen molar-refractivity contribution < 1.29 is 13.2 Å². The van der Waals surface area contributed by atoms with E-state index in [0.717, 1.165) is 6.26 Å². The number of amides is 1. The fourth-order valence-electron chi connectivity index (χ4n) is 1.38. The molecule has 106 valence electrons. The van der Waals surface area contributed by atoms with Gasteiger partial charge >= 0.3 is 0 Å². The molecule has 2 aromatic rings. The Morgan fingerprint density at radius 3 is 2.70 bits per heavy atom. The minimum atomic E-state index is -3.35. The van der Waals surface area contributed by atoms with Gasteiger partial charge in [0, 0.05) is 18.2 Å².